The van der Waals surface area contributed by atoms with E-state index in [1.54, 1.807) is 17.7 Å². The highest BCUT2D eigenvalue weighted by atomic mass is 79.9. The number of likely N-dealkylation sites (tertiary alicyclic amines) is 1. The van der Waals surface area contributed by atoms with Crippen molar-refractivity contribution in [3.8, 4) is 23.5 Å². The summed E-state index contributed by atoms with van der Waals surface area (Å²) in [5.74, 6) is 1.40. The van der Waals surface area contributed by atoms with Gasteiger partial charge in [0, 0.05) is 41.1 Å². The molecule has 5 rings (SSSR count). The van der Waals surface area contributed by atoms with E-state index >= 15 is 0 Å². The number of hydrogen-bond donors (Lipinski definition) is 0. The minimum absolute atomic E-state index is 0.00453. The third-order valence-electron chi connectivity index (χ3n) is 7.43. The number of hydrogen-bond acceptors (Lipinski definition) is 9. The molecule has 9 nitrogen and oxygen atoms in total. The minimum Gasteiger partial charge on any atom is -0.473 e. The Bertz CT molecular complexity index is 1390. The van der Waals surface area contributed by atoms with E-state index in [1.807, 2.05) is 31.1 Å². The van der Waals surface area contributed by atoms with E-state index in [0.717, 1.165) is 52.1 Å². The molecule has 11 heteroatoms. The van der Waals surface area contributed by atoms with E-state index < -0.39 is 5.41 Å². The number of ether oxygens (including phenoxy) is 1. The molecule has 1 aliphatic heterocycles. The maximum absolute atomic E-state index is 10.1. The van der Waals surface area contributed by atoms with Crippen molar-refractivity contribution in [2.24, 2.45) is 4.99 Å². The second-order valence-corrected chi connectivity index (χ2v) is 12.5. The van der Waals surface area contributed by atoms with Gasteiger partial charge in [-0.3, -0.25) is 4.90 Å². The lowest BCUT2D eigenvalue weighted by molar-refractivity contribution is 0.117. The number of pyridine rings is 1. The summed E-state index contributed by atoms with van der Waals surface area (Å²) in [7, 11) is 5.96. The predicted molar refractivity (Wildman–Crippen MR) is 151 cm³/mol. The molecule has 0 unspecified atom stereocenters. The average molecular weight is 599 g/mol. The molecule has 1 fully saturated rings. The van der Waals surface area contributed by atoms with Crippen molar-refractivity contribution in [2.45, 2.75) is 63.5 Å². The van der Waals surface area contributed by atoms with E-state index in [0.29, 0.717) is 34.9 Å². The molecule has 3 aromatic heterocycles. The van der Waals surface area contributed by atoms with Gasteiger partial charge in [-0.05, 0) is 65.6 Å². The smallest absolute Gasteiger partial charge is 0.237 e. The Morgan fingerprint density at radius 1 is 1.37 bits per heavy atom. The van der Waals surface area contributed by atoms with Crippen molar-refractivity contribution in [2.75, 3.05) is 27.7 Å². The molecule has 1 saturated heterocycles. The summed E-state index contributed by atoms with van der Waals surface area (Å²) in [6.45, 7) is 5.26. The first-order chi connectivity index (χ1) is 18.2. The quantitative estimate of drug-likeness (QED) is 0.258. The first-order valence-electron chi connectivity index (χ1n) is 12.9. The van der Waals surface area contributed by atoms with E-state index in [9.17, 15) is 5.26 Å². The van der Waals surface area contributed by atoms with Gasteiger partial charge in [0.25, 0.3) is 0 Å². The molecule has 3 atom stereocenters. The highest BCUT2D eigenvalue weighted by Gasteiger charge is 2.43. The Labute approximate surface area is 235 Å². The van der Waals surface area contributed by atoms with Gasteiger partial charge in [0.1, 0.15) is 22.9 Å². The fraction of sp³-hybridized carbons (Fsp3) is 0.519. The summed E-state index contributed by atoms with van der Waals surface area (Å²) in [5.41, 5.74) is 1.53. The lowest BCUT2D eigenvalue weighted by atomic mass is 9.72. The van der Waals surface area contributed by atoms with Gasteiger partial charge in [0.2, 0.25) is 17.6 Å². The van der Waals surface area contributed by atoms with Crippen LogP contribution in [0.15, 0.2) is 26.1 Å². The van der Waals surface area contributed by atoms with Gasteiger partial charge >= 0.3 is 0 Å². The number of fused-ring (bicyclic) bond motifs is 1. The van der Waals surface area contributed by atoms with Crippen LogP contribution < -0.4 is 4.74 Å². The number of likely N-dealkylation sites (N-methyl/N-ethyl adjacent to an activating group) is 1. The maximum Gasteiger partial charge on any atom is 0.237 e. The van der Waals surface area contributed by atoms with Crippen molar-refractivity contribution >= 4 is 38.6 Å². The lowest BCUT2D eigenvalue weighted by Crippen LogP contribution is -2.38. The number of aromatic nitrogens is 3. The summed E-state index contributed by atoms with van der Waals surface area (Å²) in [6.07, 6.45) is 6.70. The van der Waals surface area contributed by atoms with Crippen LogP contribution in [0.4, 0.5) is 5.00 Å². The van der Waals surface area contributed by atoms with Gasteiger partial charge in [0.15, 0.2) is 0 Å². The third-order valence-corrected chi connectivity index (χ3v) is 9.05. The molecule has 0 aromatic carbocycles. The predicted octanol–water partition coefficient (Wildman–Crippen LogP) is 5.55. The SMILES string of the molecule is C[C@H](Oc1cc(Br)cc(-c2noc([C@@]3(C)CCCc4sc(N=CN(C)C)c(C#N)c43)n2)n1)[C@@H]1CCCN1C. The van der Waals surface area contributed by atoms with Crippen LogP contribution in [0.1, 0.15) is 61.4 Å². The molecule has 4 heterocycles. The van der Waals surface area contributed by atoms with Gasteiger partial charge in [0.05, 0.1) is 17.3 Å². The molecule has 0 bridgehead atoms. The van der Waals surface area contributed by atoms with Crippen LogP contribution in [0.5, 0.6) is 5.88 Å². The van der Waals surface area contributed by atoms with Crippen LogP contribution in [-0.4, -0.2) is 71.1 Å². The molecule has 0 spiro atoms. The standard InChI is InChI=1S/C27H32BrN7O2S/c1-16(20-8-7-11-35(20)5)36-22-13-17(28)12-19(31-22)24-32-26(37-33-24)27(2)10-6-9-21-23(27)18(14-29)25(38-21)30-15-34(3)4/h12-13,15-16,20H,6-11H2,1-5H3/t16-,20-,27-/m0/s1. The zero-order chi connectivity index (χ0) is 27.0. The normalized spacial score (nSPS) is 22.4. The monoisotopic (exact) mass is 597 g/mol. The molecule has 200 valence electrons. The molecule has 0 radical (unpaired) electrons. The van der Waals surface area contributed by atoms with Crippen LogP contribution in [-0.2, 0) is 11.8 Å². The van der Waals surface area contributed by atoms with Crippen molar-refractivity contribution in [1.82, 2.24) is 24.9 Å². The molecular weight excluding hydrogens is 566 g/mol. The summed E-state index contributed by atoms with van der Waals surface area (Å²) < 4.78 is 12.9. The van der Waals surface area contributed by atoms with Crippen molar-refractivity contribution in [1.29, 1.82) is 5.26 Å². The van der Waals surface area contributed by atoms with E-state index in [1.165, 1.54) is 6.42 Å². The fourth-order valence-electron chi connectivity index (χ4n) is 5.53. The lowest BCUT2D eigenvalue weighted by Gasteiger charge is -2.30. The molecule has 0 saturated carbocycles. The Hall–Kier alpha value is -2.81. The second kappa shape index (κ2) is 10.8. The zero-order valence-corrected chi connectivity index (χ0v) is 24.8. The van der Waals surface area contributed by atoms with Crippen LogP contribution in [0, 0.1) is 11.3 Å². The molecular formula is C27H32BrN7O2S. The van der Waals surface area contributed by atoms with Crippen LogP contribution in [0.2, 0.25) is 0 Å². The van der Waals surface area contributed by atoms with Crippen molar-refractivity contribution in [3.63, 3.8) is 0 Å². The zero-order valence-electron chi connectivity index (χ0n) is 22.4. The Kier molecular flexibility index (Phi) is 7.58. The first-order valence-corrected chi connectivity index (χ1v) is 14.5. The molecule has 1 aliphatic carbocycles. The molecule has 3 aromatic rings. The molecule has 38 heavy (non-hydrogen) atoms. The number of rotatable bonds is 7. The number of aliphatic imine (C=N–C) groups is 1. The minimum atomic E-state index is -0.584. The Balaban J connectivity index is 1.46. The Morgan fingerprint density at radius 2 is 2.18 bits per heavy atom. The number of nitrogens with zero attached hydrogens (tertiary/aromatic N) is 7. The highest BCUT2D eigenvalue weighted by Crippen LogP contribution is 2.50. The van der Waals surface area contributed by atoms with Crippen molar-refractivity contribution in [3.05, 3.63) is 38.5 Å². The first kappa shape index (κ1) is 26.8. The van der Waals surface area contributed by atoms with Gasteiger partial charge in [-0.2, -0.15) is 10.2 Å². The molecule has 0 N–H and O–H groups in total. The molecule has 2 aliphatic rings. The van der Waals surface area contributed by atoms with Gasteiger partial charge < -0.3 is 14.2 Å². The summed E-state index contributed by atoms with van der Waals surface area (Å²) in [5, 5.41) is 15.1. The van der Waals surface area contributed by atoms with E-state index in [-0.39, 0.29) is 6.10 Å². The van der Waals surface area contributed by atoms with Gasteiger partial charge in [-0.25, -0.2) is 9.98 Å². The summed E-state index contributed by atoms with van der Waals surface area (Å²) in [6, 6.07) is 6.49. The van der Waals surface area contributed by atoms with Gasteiger partial charge in [-0.1, -0.05) is 21.1 Å². The van der Waals surface area contributed by atoms with Crippen LogP contribution >= 0.6 is 27.3 Å². The van der Waals surface area contributed by atoms with Crippen LogP contribution in [0.25, 0.3) is 11.5 Å². The maximum atomic E-state index is 10.1. The van der Waals surface area contributed by atoms with Crippen LogP contribution in [0.3, 0.4) is 0 Å². The third kappa shape index (κ3) is 5.09. The largest absolute Gasteiger partial charge is 0.473 e. The van der Waals surface area contributed by atoms with E-state index in [4.69, 9.17) is 19.2 Å². The Morgan fingerprint density at radius 3 is 2.89 bits per heavy atom. The summed E-state index contributed by atoms with van der Waals surface area (Å²) in [4.78, 5) is 19.4. The van der Waals surface area contributed by atoms with E-state index in [2.05, 4.69) is 57.9 Å². The topological polar surface area (TPSA) is 104 Å². The van der Waals surface area contributed by atoms with Crippen molar-refractivity contribution < 1.29 is 9.26 Å². The number of thiophene rings is 1. The second-order valence-electron chi connectivity index (χ2n) is 10.5. The number of aryl methyl sites for hydroxylation is 1. The number of nitriles is 1. The number of halogens is 1. The average Bonchev–Trinajstić information content (AvgIpc) is 3.61. The highest BCUT2D eigenvalue weighted by molar-refractivity contribution is 9.10. The van der Waals surface area contributed by atoms with Gasteiger partial charge in [-0.15, -0.1) is 11.3 Å². The summed E-state index contributed by atoms with van der Waals surface area (Å²) >= 11 is 5.16. The fourth-order valence-corrected chi connectivity index (χ4v) is 7.20. The molecule has 0 amide bonds.